The van der Waals surface area contributed by atoms with E-state index in [0.717, 1.165) is 5.56 Å². The normalized spacial score (nSPS) is 12.9. The van der Waals surface area contributed by atoms with Gasteiger partial charge in [-0.3, -0.25) is 14.6 Å². The van der Waals surface area contributed by atoms with Gasteiger partial charge in [0.25, 0.3) is 5.91 Å². The fourth-order valence-corrected chi connectivity index (χ4v) is 2.45. The number of benzene rings is 1. The Labute approximate surface area is 154 Å². The van der Waals surface area contributed by atoms with Gasteiger partial charge in [-0.15, -0.1) is 0 Å². The van der Waals surface area contributed by atoms with Crippen LogP contribution in [0.2, 0.25) is 0 Å². The molecular formula is C20H25N3O3. The zero-order chi connectivity index (χ0) is 18.9. The number of nitrogens with one attached hydrogen (secondary N) is 2. The monoisotopic (exact) mass is 355 g/mol. The van der Waals surface area contributed by atoms with E-state index in [9.17, 15) is 9.59 Å². The predicted molar refractivity (Wildman–Crippen MR) is 99.5 cm³/mol. The molecule has 6 heteroatoms. The fraction of sp³-hybridized carbons (Fsp3) is 0.350. The molecule has 0 aliphatic heterocycles. The Morgan fingerprint density at radius 1 is 1.00 bits per heavy atom. The molecule has 138 valence electrons. The van der Waals surface area contributed by atoms with E-state index in [1.165, 1.54) is 0 Å². The number of hydrogen-bond acceptors (Lipinski definition) is 4. The fourth-order valence-electron chi connectivity index (χ4n) is 2.45. The second-order valence-electron chi connectivity index (χ2n) is 6.40. The van der Waals surface area contributed by atoms with Crippen molar-refractivity contribution in [3.63, 3.8) is 0 Å². The molecule has 0 fully saturated rings. The van der Waals surface area contributed by atoms with E-state index in [1.54, 1.807) is 24.5 Å². The lowest BCUT2D eigenvalue weighted by Gasteiger charge is -2.24. The molecule has 0 saturated carbocycles. The molecular weight excluding hydrogens is 330 g/mol. The summed E-state index contributed by atoms with van der Waals surface area (Å²) in [6.45, 7) is 5.53. The average Bonchev–Trinajstić information content (AvgIpc) is 2.65. The van der Waals surface area contributed by atoms with Crippen LogP contribution in [0, 0.1) is 5.92 Å². The standard InChI is InChI=1S/C20H25N3O3/c1-14(2)19(20(25)22-15(3)16-9-11-21-12-10-16)23-18(24)13-26-17-7-5-4-6-8-17/h4-12,14-15,19H,13H2,1-3H3,(H,22,25)(H,23,24). The molecule has 2 amide bonds. The Balaban J connectivity index is 1.90. The van der Waals surface area contributed by atoms with Crippen LogP contribution in [0.25, 0.3) is 0 Å². The number of carbonyl (C=O) groups is 2. The van der Waals surface area contributed by atoms with Crippen molar-refractivity contribution in [1.82, 2.24) is 15.6 Å². The molecule has 0 bridgehead atoms. The van der Waals surface area contributed by atoms with Crippen molar-refractivity contribution in [2.45, 2.75) is 32.9 Å². The van der Waals surface area contributed by atoms with E-state index < -0.39 is 6.04 Å². The van der Waals surface area contributed by atoms with E-state index in [-0.39, 0.29) is 30.4 Å². The molecule has 2 N–H and O–H groups in total. The highest BCUT2D eigenvalue weighted by Gasteiger charge is 2.25. The summed E-state index contributed by atoms with van der Waals surface area (Å²) in [5.41, 5.74) is 0.953. The van der Waals surface area contributed by atoms with Gasteiger partial charge in [0.15, 0.2) is 6.61 Å². The molecule has 2 atom stereocenters. The zero-order valence-corrected chi connectivity index (χ0v) is 15.3. The molecule has 1 aromatic heterocycles. The number of hydrogen-bond donors (Lipinski definition) is 2. The number of amides is 2. The van der Waals surface area contributed by atoms with Crippen molar-refractivity contribution in [2.75, 3.05) is 6.61 Å². The molecule has 1 aromatic carbocycles. The smallest absolute Gasteiger partial charge is 0.258 e. The Morgan fingerprint density at radius 3 is 2.27 bits per heavy atom. The maximum absolute atomic E-state index is 12.6. The Kier molecular flexibility index (Phi) is 7.14. The topological polar surface area (TPSA) is 80.3 Å². The number of aromatic nitrogens is 1. The minimum Gasteiger partial charge on any atom is -0.484 e. The van der Waals surface area contributed by atoms with Gasteiger partial charge in [-0.1, -0.05) is 32.0 Å². The first-order valence-corrected chi connectivity index (χ1v) is 8.65. The van der Waals surface area contributed by atoms with Crippen LogP contribution < -0.4 is 15.4 Å². The van der Waals surface area contributed by atoms with Crippen LogP contribution in [0.3, 0.4) is 0 Å². The second kappa shape index (κ2) is 9.56. The molecule has 0 radical (unpaired) electrons. The average molecular weight is 355 g/mol. The highest BCUT2D eigenvalue weighted by atomic mass is 16.5. The van der Waals surface area contributed by atoms with Gasteiger partial charge in [0.2, 0.25) is 5.91 Å². The lowest BCUT2D eigenvalue weighted by molar-refractivity contribution is -0.131. The van der Waals surface area contributed by atoms with Crippen LogP contribution in [-0.2, 0) is 9.59 Å². The quantitative estimate of drug-likeness (QED) is 0.762. The summed E-state index contributed by atoms with van der Waals surface area (Å²) in [7, 11) is 0. The first kappa shape index (κ1) is 19.4. The van der Waals surface area contributed by atoms with Gasteiger partial charge in [-0.25, -0.2) is 0 Å². The van der Waals surface area contributed by atoms with Crippen LogP contribution >= 0.6 is 0 Å². The Bertz CT molecular complexity index is 705. The Hall–Kier alpha value is -2.89. The lowest BCUT2D eigenvalue weighted by atomic mass is 10.0. The number of rotatable bonds is 8. The molecule has 0 saturated heterocycles. The Morgan fingerprint density at radius 2 is 1.65 bits per heavy atom. The molecule has 0 aliphatic carbocycles. The zero-order valence-electron chi connectivity index (χ0n) is 15.3. The van der Waals surface area contributed by atoms with E-state index in [2.05, 4.69) is 15.6 Å². The van der Waals surface area contributed by atoms with Crippen molar-refractivity contribution in [3.05, 3.63) is 60.4 Å². The third-order valence-electron chi connectivity index (χ3n) is 3.94. The molecule has 1 heterocycles. The number of ether oxygens (including phenoxy) is 1. The van der Waals surface area contributed by atoms with Crippen molar-refractivity contribution in [1.29, 1.82) is 0 Å². The molecule has 0 aliphatic rings. The second-order valence-corrected chi connectivity index (χ2v) is 6.40. The van der Waals surface area contributed by atoms with Crippen LogP contribution in [0.4, 0.5) is 0 Å². The maximum atomic E-state index is 12.6. The highest BCUT2D eigenvalue weighted by molar-refractivity contribution is 5.88. The SMILES string of the molecule is CC(NC(=O)C(NC(=O)COc1ccccc1)C(C)C)c1ccncc1. The summed E-state index contributed by atoms with van der Waals surface area (Å²) in [6, 6.07) is 12.0. The van der Waals surface area contributed by atoms with E-state index in [1.807, 2.05) is 51.1 Å². The van der Waals surface area contributed by atoms with Crippen LogP contribution in [0.5, 0.6) is 5.75 Å². The third kappa shape index (κ3) is 5.88. The molecule has 2 aromatic rings. The van der Waals surface area contributed by atoms with Gasteiger partial charge < -0.3 is 15.4 Å². The van der Waals surface area contributed by atoms with Gasteiger partial charge in [-0.2, -0.15) is 0 Å². The summed E-state index contributed by atoms with van der Waals surface area (Å²) in [6.07, 6.45) is 3.36. The molecule has 26 heavy (non-hydrogen) atoms. The number of carbonyl (C=O) groups excluding carboxylic acids is 2. The molecule has 2 unspecified atom stereocenters. The van der Waals surface area contributed by atoms with Crippen molar-refractivity contribution in [3.8, 4) is 5.75 Å². The number of para-hydroxylation sites is 1. The minimum atomic E-state index is -0.633. The van der Waals surface area contributed by atoms with Gasteiger partial charge in [0.05, 0.1) is 6.04 Å². The first-order valence-electron chi connectivity index (χ1n) is 8.65. The largest absolute Gasteiger partial charge is 0.484 e. The summed E-state index contributed by atoms with van der Waals surface area (Å²) >= 11 is 0. The summed E-state index contributed by atoms with van der Waals surface area (Å²) < 4.78 is 5.43. The molecule has 0 spiro atoms. The summed E-state index contributed by atoms with van der Waals surface area (Å²) in [4.78, 5) is 28.7. The van der Waals surface area contributed by atoms with Crippen molar-refractivity contribution < 1.29 is 14.3 Å². The number of nitrogens with zero attached hydrogens (tertiary/aromatic N) is 1. The predicted octanol–water partition coefficient (Wildman–Crippen LogP) is 2.48. The summed E-state index contributed by atoms with van der Waals surface area (Å²) in [5.74, 6) is -0.00327. The van der Waals surface area contributed by atoms with Crippen LogP contribution in [0.15, 0.2) is 54.9 Å². The highest BCUT2D eigenvalue weighted by Crippen LogP contribution is 2.12. The van der Waals surface area contributed by atoms with Crippen molar-refractivity contribution >= 4 is 11.8 Å². The number of pyridine rings is 1. The van der Waals surface area contributed by atoms with Crippen molar-refractivity contribution in [2.24, 2.45) is 5.92 Å². The minimum absolute atomic E-state index is 0.0553. The van der Waals surface area contributed by atoms with Gasteiger partial charge in [0.1, 0.15) is 11.8 Å². The maximum Gasteiger partial charge on any atom is 0.258 e. The molecule has 2 rings (SSSR count). The lowest BCUT2D eigenvalue weighted by Crippen LogP contribution is -2.51. The van der Waals surface area contributed by atoms with E-state index in [4.69, 9.17) is 4.74 Å². The van der Waals surface area contributed by atoms with E-state index >= 15 is 0 Å². The van der Waals surface area contributed by atoms with E-state index in [0.29, 0.717) is 5.75 Å². The third-order valence-corrected chi connectivity index (χ3v) is 3.94. The van der Waals surface area contributed by atoms with Crippen LogP contribution in [-0.4, -0.2) is 29.4 Å². The van der Waals surface area contributed by atoms with Crippen LogP contribution in [0.1, 0.15) is 32.4 Å². The summed E-state index contributed by atoms with van der Waals surface area (Å²) in [5, 5.41) is 5.69. The van der Waals surface area contributed by atoms with Gasteiger partial charge in [-0.05, 0) is 42.7 Å². The molecule has 6 nitrogen and oxygen atoms in total. The van der Waals surface area contributed by atoms with Gasteiger partial charge >= 0.3 is 0 Å². The first-order chi connectivity index (χ1) is 12.5. The van der Waals surface area contributed by atoms with Gasteiger partial charge in [0, 0.05) is 12.4 Å².